The maximum atomic E-state index is 12.5. The number of nitrogens with zero attached hydrogens (tertiary/aromatic N) is 1. The Morgan fingerprint density at radius 2 is 1.81 bits per heavy atom. The molecule has 0 saturated carbocycles. The predicted molar refractivity (Wildman–Crippen MR) is 86.1 cm³/mol. The molecule has 1 aromatic rings. The van der Waals surface area contributed by atoms with E-state index in [1.54, 1.807) is 0 Å². The Morgan fingerprint density at radius 3 is 2.46 bits per heavy atom. The molecule has 1 aliphatic rings. The second-order valence-electron chi connectivity index (χ2n) is 5.91. The number of rotatable bonds is 5. The van der Waals surface area contributed by atoms with Crippen LogP contribution < -0.4 is 5.32 Å². The van der Waals surface area contributed by atoms with Crippen molar-refractivity contribution < 1.29 is 32.3 Å². The topological polar surface area (TPSA) is 75.7 Å². The zero-order valence-corrected chi connectivity index (χ0v) is 14.0. The van der Waals surface area contributed by atoms with Crippen molar-refractivity contribution in [3.63, 3.8) is 0 Å². The summed E-state index contributed by atoms with van der Waals surface area (Å²) in [5, 5.41) is 2.33. The van der Waals surface area contributed by atoms with Crippen LogP contribution in [0.2, 0.25) is 0 Å². The molecular formula is C17H19F3N2O4. The lowest BCUT2D eigenvalue weighted by Crippen LogP contribution is -2.36. The van der Waals surface area contributed by atoms with Gasteiger partial charge in [-0.1, -0.05) is 6.42 Å². The lowest BCUT2D eigenvalue weighted by Gasteiger charge is -2.19. The molecule has 1 saturated heterocycles. The fourth-order valence-corrected chi connectivity index (χ4v) is 2.49. The summed E-state index contributed by atoms with van der Waals surface area (Å²) >= 11 is 0. The summed E-state index contributed by atoms with van der Waals surface area (Å²) in [5.74, 6) is -1.50. The Labute approximate surface area is 148 Å². The van der Waals surface area contributed by atoms with Gasteiger partial charge in [-0.15, -0.1) is 0 Å². The molecule has 9 heteroatoms. The average molecular weight is 372 g/mol. The van der Waals surface area contributed by atoms with E-state index in [-0.39, 0.29) is 18.1 Å². The van der Waals surface area contributed by atoms with Crippen LogP contribution in [0, 0.1) is 0 Å². The zero-order chi connectivity index (χ0) is 19.2. The summed E-state index contributed by atoms with van der Waals surface area (Å²) in [7, 11) is 0. The van der Waals surface area contributed by atoms with Crippen LogP contribution in [-0.4, -0.2) is 42.4 Å². The van der Waals surface area contributed by atoms with Gasteiger partial charge in [-0.2, -0.15) is 13.2 Å². The standard InChI is InChI=1S/C17H19F3N2O4/c18-17(19,20)12-5-7-13(8-6-12)21-14(23)11-26-16(25)10-22-9-3-1-2-4-15(22)24/h5-8H,1-4,9-11H2,(H,21,23). The van der Waals surface area contributed by atoms with Crippen molar-refractivity contribution in [2.75, 3.05) is 25.0 Å². The Bertz CT molecular complexity index is 659. The zero-order valence-electron chi connectivity index (χ0n) is 14.0. The number of benzene rings is 1. The van der Waals surface area contributed by atoms with E-state index < -0.39 is 30.2 Å². The molecule has 6 nitrogen and oxygen atoms in total. The molecule has 1 fully saturated rings. The van der Waals surface area contributed by atoms with Crippen LogP contribution >= 0.6 is 0 Å². The number of anilines is 1. The molecule has 1 heterocycles. The van der Waals surface area contributed by atoms with Crippen molar-refractivity contribution in [3.8, 4) is 0 Å². The van der Waals surface area contributed by atoms with Gasteiger partial charge in [-0.25, -0.2) is 0 Å². The van der Waals surface area contributed by atoms with Crippen LogP contribution in [0.15, 0.2) is 24.3 Å². The Kier molecular flexibility index (Phi) is 6.59. The monoisotopic (exact) mass is 372 g/mol. The summed E-state index contributed by atoms with van der Waals surface area (Å²) in [6, 6.07) is 3.90. The predicted octanol–water partition coefficient (Wildman–Crippen LogP) is 2.59. The molecule has 0 spiro atoms. The number of halogens is 3. The van der Waals surface area contributed by atoms with Gasteiger partial charge in [0.25, 0.3) is 5.91 Å². The highest BCUT2D eigenvalue weighted by molar-refractivity contribution is 5.93. The quantitative estimate of drug-likeness (QED) is 0.806. The van der Waals surface area contributed by atoms with Crippen LogP contribution in [0.1, 0.15) is 31.2 Å². The maximum Gasteiger partial charge on any atom is 0.416 e. The largest absolute Gasteiger partial charge is 0.454 e. The third-order valence-electron chi connectivity index (χ3n) is 3.85. The van der Waals surface area contributed by atoms with E-state index in [4.69, 9.17) is 4.74 Å². The summed E-state index contributed by atoms with van der Waals surface area (Å²) < 4.78 is 42.2. The van der Waals surface area contributed by atoms with Gasteiger partial charge in [0.1, 0.15) is 6.54 Å². The fraction of sp³-hybridized carbons (Fsp3) is 0.471. The number of nitrogens with one attached hydrogen (secondary N) is 1. The summed E-state index contributed by atoms with van der Waals surface area (Å²) in [5.41, 5.74) is -0.675. The average Bonchev–Trinajstić information content (AvgIpc) is 2.77. The van der Waals surface area contributed by atoms with Crippen molar-refractivity contribution in [2.45, 2.75) is 31.9 Å². The molecule has 1 aliphatic heterocycles. The Balaban J connectivity index is 1.77. The third kappa shape index (κ3) is 6.05. The molecule has 1 N–H and O–H groups in total. The van der Waals surface area contributed by atoms with Gasteiger partial charge in [0.05, 0.1) is 5.56 Å². The first-order valence-electron chi connectivity index (χ1n) is 8.16. The van der Waals surface area contributed by atoms with Gasteiger partial charge < -0.3 is 15.0 Å². The van der Waals surface area contributed by atoms with Gasteiger partial charge in [0.15, 0.2) is 6.61 Å². The molecule has 0 atom stereocenters. The van der Waals surface area contributed by atoms with Gasteiger partial charge in [-0.05, 0) is 37.1 Å². The van der Waals surface area contributed by atoms with Crippen molar-refractivity contribution in [2.24, 2.45) is 0 Å². The summed E-state index contributed by atoms with van der Waals surface area (Å²) in [4.78, 5) is 36.7. The SMILES string of the molecule is O=C(COC(=O)CN1CCCCCC1=O)Nc1ccc(C(F)(F)F)cc1. The summed E-state index contributed by atoms with van der Waals surface area (Å²) in [6.45, 7) is -0.319. The number of carbonyl (C=O) groups excluding carboxylic acids is 3. The molecule has 26 heavy (non-hydrogen) atoms. The number of carbonyl (C=O) groups is 3. The number of likely N-dealkylation sites (tertiary alicyclic amines) is 1. The van der Waals surface area contributed by atoms with E-state index in [2.05, 4.69) is 5.32 Å². The second kappa shape index (κ2) is 8.68. The molecule has 0 radical (unpaired) electrons. The van der Waals surface area contributed by atoms with Crippen molar-refractivity contribution in [1.82, 2.24) is 4.90 Å². The maximum absolute atomic E-state index is 12.5. The van der Waals surface area contributed by atoms with Gasteiger partial charge in [0, 0.05) is 18.7 Å². The highest BCUT2D eigenvalue weighted by Gasteiger charge is 2.30. The first-order chi connectivity index (χ1) is 12.3. The lowest BCUT2D eigenvalue weighted by atomic mass is 10.2. The van der Waals surface area contributed by atoms with Crippen molar-refractivity contribution in [1.29, 1.82) is 0 Å². The molecule has 0 aliphatic carbocycles. The highest BCUT2D eigenvalue weighted by atomic mass is 19.4. The molecule has 2 rings (SSSR count). The minimum atomic E-state index is -4.46. The summed E-state index contributed by atoms with van der Waals surface area (Å²) in [6.07, 6.45) is -1.54. The minimum Gasteiger partial charge on any atom is -0.454 e. The Morgan fingerprint density at radius 1 is 1.12 bits per heavy atom. The number of ether oxygens (including phenoxy) is 1. The number of alkyl halides is 3. The molecule has 0 aromatic heterocycles. The van der Waals surface area contributed by atoms with E-state index >= 15 is 0 Å². The van der Waals surface area contributed by atoms with Crippen LogP contribution in [0.3, 0.4) is 0 Å². The first kappa shape index (κ1) is 19.7. The van der Waals surface area contributed by atoms with Gasteiger partial charge >= 0.3 is 12.1 Å². The molecule has 142 valence electrons. The van der Waals surface area contributed by atoms with E-state index in [1.165, 1.54) is 4.90 Å². The third-order valence-corrected chi connectivity index (χ3v) is 3.85. The van der Waals surface area contributed by atoms with Crippen LogP contribution in [-0.2, 0) is 25.3 Å². The number of hydrogen-bond donors (Lipinski definition) is 1. The molecular weight excluding hydrogens is 353 g/mol. The number of hydrogen-bond acceptors (Lipinski definition) is 4. The first-order valence-corrected chi connectivity index (χ1v) is 8.16. The van der Waals surface area contributed by atoms with Gasteiger partial charge in [0.2, 0.25) is 5.91 Å². The minimum absolute atomic E-state index is 0.117. The van der Waals surface area contributed by atoms with Crippen LogP contribution in [0.4, 0.5) is 18.9 Å². The Hall–Kier alpha value is -2.58. The van der Waals surface area contributed by atoms with Crippen LogP contribution in [0.5, 0.6) is 0 Å². The molecule has 0 bridgehead atoms. The van der Waals surface area contributed by atoms with E-state index in [9.17, 15) is 27.6 Å². The van der Waals surface area contributed by atoms with Crippen LogP contribution in [0.25, 0.3) is 0 Å². The lowest BCUT2D eigenvalue weighted by molar-refractivity contribution is -0.151. The number of amides is 2. The second-order valence-corrected chi connectivity index (χ2v) is 5.91. The smallest absolute Gasteiger partial charge is 0.416 e. The normalized spacial score (nSPS) is 15.3. The van der Waals surface area contributed by atoms with E-state index in [0.717, 1.165) is 43.5 Å². The van der Waals surface area contributed by atoms with Crippen molar-refractivity contribution in [3.05, 3.63) is 29.8 Å². The van der Waals surface area contributed by atoms with Gasteiger partial charge in [-0.3, -0.25) is 14.4 Å². The van der Waals surface area contributed by atoms with E-state index in [0.29, 0.717) is 13.0 Å². The molecule has 1 aromatic carbocycles. The highest BCUT2D eigenvalue weighted by Crippen LogP contribution is 2.29. The van der Waals surface area contributed by atoms with E-state index in [1.807, 2.05) is 0 Å². The molecule has 0 unspecified atom stereocenters. The number of esters is 1. The fourth-order valence-electron chi connectivity index (χ4n) is 2.49. The van der Waals surface area contributed by atoms with Crippen molar-refractivity contribution >= 4 is 23.5 Å². The molecule has 2 amide bonds.